The van der Waals surface area contributed by atoms with Gasteiger partial charge in [0.15, 0.2) is 17.6 Å². The minimum atomic E-state index is -1.02. The molecule has 3 rings (SSSR count). The summed E-state index contributed by atoms with van der Waals surface area (Å²) in [5.41, 5.74) is 3.82. The summed E-state index contributed by atoms with van der Waals surface area (Å²) >= 11 is 0. The fourth-order valence-corrected chi connectivity index (χ4v) is 2.82. The SMILES string of the molecule is C/C(=N/NC(=O)[C@@H](C)Oc1ccccc1[N+](=O)[O-])c1cccc(NC(=O)c2ccc(C)o2)c1. The predicted octanol–water partition coefficient (Wildman–Crippen LogP) is 4.06. The van der Waals surface area contributed by atoms with E-state index in [-0.39, 0.29) is 23.1 Å². The number of aryl methyl sites for hydroxylation is 1. The molecular formula is C23H22N4O6. The molecule has 1 heterocycles. The van der Waals surface area contributed by atoms with Crippen molar-refractivity contribution in [2.45, 2.75) is 26.9 Å². The van der Waals surface area contributed by atoms with Gasteiger partial charge in [-0.1, -0.05) is 24.3 Å². The molecule has 170 valence electrons. The molecule has 1 atom stereocenters. The van der Waals surface area contributed by atoms with E-state index in [1.54, 1.807) is 56.3 Å². The number of hydrogen-bond donors (Lipinski definition) is 2. The maximum absolute atomic E-state index is 12.4. The second-order valence-corrected chi connectivity index (χ2v) is 7.10. The minimum Gasteiger partial charge on any atom is -0.474 e. The Morgan fingerprint density at radius 2 is 1.88 bits per heavy atom. The lowest BCUT2D eigenvalue weighted by molar-refractivity contribution is -0.386. The van der Waals surface area contributed by atoms with Gasteiger partial charge in [-0.2, -0.15) is 5.10 Å². The van der Waals surface area contributed by atoms with Crippen molar-refractivity contribution in [2.75, 3.05) is 5.32 Å². The first-order chi connectivity index (χ1) is 15.7. The van der Waals surface area contributed by atoms with Crippen molar-refractivity contribution in [3.8, 4) is 5.75 Å². The summed E-state index contributed by atoms with van der Waals surface area (Å²) in [5, 5.41) is 17.9. The standard InChI is InChI=1S/C23H22N4O6/c1-14-11-12-21(32-14)23(29)24-18-8-6-7-17(13-18)15(2)25-26-22(28)16(3)33-20-10-5-4-9-19(20)27(30)31/h4-13,16H,1-3H3,(H,24,29)(H,26,28)/b25-15-/t16-/m1/s1. The van der Waals surface area contributed by atoms with Gasteiger partial charge in [-0.05, 0) is 56.7 Å². The van der Waals surface area contributed by atoms with E-state index in [0.717, 1.165) is 0 Å². The Balaban J connectivity index is 1.63. The highest BCUT2D eigenvalue weighted by molar-refractivity contribution is 6.04. The zero-order valence-electron chi connectivity index (χ0n) is 18.2. The maximum atomic E-state index is 12.4. The number of carbonyl (C=O) groups excluding carboxylic acids is 2. The lowest BCUT2D eigenvalue weighted by Gasteiger charge is -2.13. The van der Waals surface area contributed by atoms with Crippen LogP contribution in [0.25, 0.3) is 0 Å². The van der Waals surface area contributed by atoms with Crippen LogP contribution in [0.2, 0.25) is 0 Å². The van der Waals surface area contributed by atoms with Crippen LogP contribution in [0.4, 0.5) is 11.4 Å². The molecule has 0 unspecified atom stereocenters. The highest BCUT2D eigenvalue weighted by atomic mass is 16.6. The van der Waals surface area contributed by atoms with Crippen LogP contribution in [-0.2, 0) is 4.79 Å². The molecule has 0 saturated heterocycles. The van der Waals surface area contributed by atoms with Gasteiger partial charge in [0.25, 0.3) is 11.8 Å². The Hall–Kier alpha value is -4.47. The Morgan fingerprint density at radius 1 is 1.12 bits per heavy atom. The van der Waals surface area contributed by atoms with Crippen LogP contribution in [0, 0.1) is 17.0 Å². The van der Waals surface area contributed by atoms with Crippen molar-refractivity contribution in [3.63, 3.8) is 0 Å². The number of nitro benzene ring substituents is 1. The van der Waals surface area contributed by atoms with Crippen LogP contribution in [0.15, 0.2) is 70.2 Å². The van der Waals surface area contributed by atoms with E-state index in [0.29, 0.717) is 22.7 Å². The normalized spacial score (nSPS) is 12.0. The molecule has 2 aromatic carbocycles. The Kier molecular flexibility index (Phi) is 7.19. The van der Waals surface area contributed by atoms with Gasteiger partial charge in [-0.25, -0.2) is 5.43 Å². The zero-order valence-corrected chi connectivity index (χ0v) is 18.2. The molecule has 33 heavy (non-hydrogen) atoms. The van der Waals surface area contributed by atoms with Gasteiger partial charge in [-0.3, -0.25) is 19.7 Å². The molecule has 10 nitrogen and oxygen atoms in total. The van der Waals surface area contributed by atoms with Crippen LogP contribution in [-0.4, -0.2) is 28.6 Å². The van der Waals surface area contributed by atoms with Gasteiger partial charge < -0.3 is 14.5 Å². The van der Waals surface area contributed by atoms with E-state index in [1.165, 1.54) is 25.1 Å². The number of furan rings is 1. The van der Waals surface area contributed by atoms with Crippen molar-refractivity contribution in [2.24, 2.45) is 5.10 Å². The van der Waals surface area contributed by atoms with Crippen LogP contribution < -0.4 is 15.5 Å². The lowest BCUT2D eigenvalue weighted by Crippen LogP contribution is -2.34. The van der Waals surface area contributed by atoms with Crippen molar-refractivity contribution in [1.82, 2.24) is 5.43 Å². The van der Waals surface area contributed by atoms with Gasteiger partial charge in [0.1, 0.15) is 5.76 Å². The summed E-state index contributed by atoms with van der Waals surface area (Å²) in [4.78, 5) is 35.1. The highest BCUT2D eigenvalue weighted by Crippen LogP contribution is 2.26. The molecule has 2 amide bonds. The smallest absolute Gasteiger partial charge is 0.310 e. The Labute approximate surface area is 189 Å². The molecule has 0 bridgehead atoms. The van der Waals surface area contributed by atoms with Crippen molar-refractivity contribution < 1.29 is 23.7 Å². The van der Waals surface area contributed by atoms with Crippen molar-refractivity contribution in [3.05, 3.63) is 87.9 Å². The van der Waals surface area contributed by atoms with Crippen LogP contribution in [0.1, 0.15) is 35.7 Å². The number of hydrazone groups is 1. The topological polar surface area (TPSA) is 136 Å². The molecule has 0 spiro atoms. The van der Waals surface area contributed by atoms with Crippen LogP contribution >= 0.6 is 0 Å². The number of para-hydroxylation sites is 2. The Bertz CT molecular complexity index is 1220. The summed E-state index contributed by atoms with van der Waals surface area (Å²) in [6.07, 6.45) is -1.02. The number of benzene rings is 2. The molecule has 0 aliphatic rings. The van der Waals surface area contributed by atoms with Gasteiger partial charge in [0.05, 0.1) is 10.6 Å². The quantitative estimate of drug-likeness (QED) is 0.302. The average Bonchev–Trinajstić information content (AvgIpc) is 3.24. The second kappa shape index (κ2) is 10.2. The fraction of sp³-hybridized carbons (Fsp3) is 0.174. The molecular weight excluding hydrogens is 428 g/mol. The number of ether oxygens (including phenoxy) is 1. The molecule has 2 N–H and O–H groups in total. The first kappa shape index (κ1) is 23.2. The summed E-state index contributed by atoms with van der Waals surface area (Å²) < 4.78 is 10.7. The summed E-state index contributed by atoms with van der Waals surface area (Å²) in [6, 6.07) is 16.0. The van der Waals surface area contributed by atoms with Crippen LogP contribution in [0.5, 0.6) is 5.75 Å². The highest BCUT2D eigenvalue weighted by Gasteiger charge is 2.20. The number of carbonyl (C=O) groups is 2. The molecule has 3 aromatic rings. The van der Waals surface area contributed by atoms with Crippen LogP contribution in [0.3, 0.4) is 0 Å². The van der Waals surface area contributed by atoms with E-state index >= 15 is 0 Å². The van der Waals surface area contributed by atoms with E-state index in [2.05, 4.69) is 15.8 Å². The molecule has 1 aromatic heterocycles. The number of hydrogen-bond acceptors (Lipinski definition) is 7. The number of nitro groups is 1. The molecule has 0 fully saturated rings. The largest absolute Gasteiger partial charge is 0.474 e. The molecule has 0 aliphatic carbocycles. The molecule has 0 aliphatic heterocycles. The van der Waals surface area contributed by atoms with E-state index < -0.39 is 16.9 Å². The number of rotatable bonds is 8. The third-order valence-corrected chi connectivity index (χ3v) is 4.57. The van der Waals surface area contributed by atoms with Gasteiger partial charge >= 0.3 is 5.69 Å². The second-order valence-electron chi connectivity index (χ2n) is 7.10. The number of anilines is 1. The Morgan fingerprint density at radius 3 is 2.58 bits per heavy atom. The first-order valence-corrected chi connectivity index (χ1v) is 9.97. The monoisotopic (exact) mass is 450 g/mol. The lowest BCUT2D eigenvalue weighted by atomic mass is 10.1. The van der Waals surface area contributed by atoms with Crippen molar-refractivity contribution >= 4 is 28.9 Å². The predicted molar refractivity (Wildman–Crippen MR) is 121 cm³/mol. The fourth-order valence-electron chi connectivity index (χ4n) is 2.82. The molecule has 0 saturated carbocycles. The third kappa shape index (κ3) is 6.03. The third-order valence-electron chi connectivity index (χ3n) is 4.57. The average molecular weight is 450 g/mol. The summed E-state index contributed by atoms with van der Waals surface area (Å²) in [5.74, 6) is -0.147. The van der Waals surface area contributed by atoms with E-state index in [1.807, 2.05) is 0 Å². The van der Waals surface area contributed by atoms with Gasteiger partial charge in [0.2, 0.25) is 0 Å². The maximum Gasteiger partial charge on any atom is 0.310 e. The van der Waals surface area contributed by atoms with Crippen molar-refractivity contribution in [1.29, 1.82) is 0 Å². The number of nitrogens with zero attached hydrogens (tertiary/aromatic N) is 2. The summed E-state index contributed by atoms with van der Waals surface area (Å²) in [6.45, 7) is 4.90. The minimum absolute atomic E-state index is 0.0129. The number of nitrogens with one attached hydrogen (secondary N) is 2. The molecule has 0 radical (unpaired) electrons. The van der Waals surface area contributed by atoms with Gasteiger partial charge in [-0.15, -0.1) is 0 Å². The van der Waals surface area contributed by atoms with Gasteiger partial charge in [0, 0.05) is 11.8 Å². The summed E-state index contributed by atoms with van der Waals surface area (Å²) in [7, 11) is 0. The number of amides is 2. The van der Waals surface area contributed by atoms with E-state index in [4.69, 9.17) is 9.15 Å². The van der Waals surface area contributed by atoms with E-state index in [9.17, 15) is 19.7 Å². The zero-order chi connectivity index (χ0) is 24.0. The first-order valence-electron chi connectivity index (χ1n) is 9.97. The molecule has 10 heteroatoms.